The first kappa shape index (κ1) is 19.7. The van der Waals surface area contributed by atoms with E-state index in [0.717, 1.165) is 0 Å². The second kappa shape index (κ2) is 12.4. The van der Waals surface area contributed by atoms with Crippen molar-refractivity contribution in [1.82, 2.24) is 0 Å². The lowest BCUT2D eigenvalue weighted by molar-refractivity contribution is -0.167. The number of esters is 2. The van der Waals surface area contributed by atoms with Crippen molar-refractivity contribution in [2.45, 2.75) is 59.8 Å². The van der Waals surface area contributed by atoms with Gasteiger partial charge in [0.15, 0.2) is 0 Å². The van der Waals surface area contributed by atoms with Crippen LogP contribution in [0.1, 0.15) is 59.8 Å². The third kappa shape index (κ3) is 11.1. The van der Waals surface area contributed by atoms with Crippen molar-refractivity contribution in [3.05, 3.63) is 12.2 Å². The summed E-state index contributed by atoms with van der Waals surface area (Å²) in [5.41, 5.74) is 0. The van der Waals surface area contributed by atoms with E-state index in [4.69, 9.17) is 4.74 Å². The van der Waals surface area contributed by atoms with E-state index in [-0.39, 0.29) is 13.2 Å². The van der Waals surface area contributed by atoms with Crippen molar-refractivity contribution in [2.24, 2.45) is 11.8 Å². The van der Waals surface area contributed by atoms with Crippen LogP contribution >= 0.6 is 0 Å². The number of rotatable bonds is 10. The van der Waals surface area contributed by atoms with Gasteiger partial charge in [-0.05, 0) is 31.6 Å². The Balaban J connectivity index is 3.81. The van der Waals surface area contributed by atoms with Gasteiger partial charge in [0.05, 0.1) is 13.2 Å². The van der Waals surface area contributed by atoms with Gasteiger partial charge in [-0.25, -0.2) is 9.59 Å². The molecule has 0 radical (unpaired) electrons. The summed E-state index contributed by atoms with van der Waals surface area (Å²) in [5, 5.41) is 0. The molecule has 0 aliphatic rings. The summed E-state index contributed by atoms with van der Waals surface area (Å²) < 4.78 is 9.43. The molecule has 2 unspecified atom stereocenters. The fourth-order valence-electron chi connectivity index (χ4n) is 1.87. The molecule has 0 rings (SSSR count). The van der Waals surface area contributed by atoms with Crippen LogP contribution in [-0.4, -0.2) is 25.2 Å². The first-order valence-corrected chi connectivity index (χ1v) is 8.03. The van der Waals surface area contributed by atoms with E-state index in [1.54, 1.807) is 6.92 Å². The van der Waals surface area contributed by atoms with Crippen LogP contribution in [0.4, 0.5) is 0 Å². The lowest BCUT2D eigenvalue weighted by Gasteiger charge is -2.09. The van der Waals surface area contributed by atoms with Crippen molar-refractivity contribution in [1.29, 1.82) is 0 Å². The lowest BCUT2D eigenvalue weighted by atomic mass is 10.00. The molecule has 0 spiro atoms. The van der Waals surface area contributed by atoms with Gasteiger partial charge in [-0.3, -0.25) is 0 Å². The Kier molecular flexibility index (Phi) is 11.6. The highest BCUT2D eigenvalue weighted by Crippen LogP contribution is 2.13. The monoisotopic (exact) mass is 298 g/mol. The first-order valence-electron chi connectivity index (χ1n) is 8.03. The quantitative estimate of drug-likeness (QED) is 0.266. The van der Waals surface area contributed by atoms with Gasteiger partial charge in [-0.15, -0.1) is 0 Å². The van der Waals surface area contributed by atoms with Crippen LogP contribution < -0.4 is 0 Å². The van der Waals surface area contributed by atoms with Crippen LogP contribution in [0, 0.1) is 11.8 Å². The molecule has 0 aromatic carbocycles. The molecule has 0 bridgehead atoms. The smallest absolute Gasteiger partial charge is 0.417 e. The van der Waals surface area contributed by atoms with Gasteiger partial charge in [0.2, 0.25) is 0 Å². The van der Waals surface area contributed by atoms with Crippen LogP contribution in [0.2, 0.25) is 0 Å². The van der Waals surface area contributed by atoms with Crippen LogP contribution in [-0.2, 0) is 19.1 Å². The Hall–Kier alpha value is -1.32. The van der Waals surface area contributed by atoms with Crippen LogP contribution in [0.25, 0.3) is 0 Å². The van der Waals surface area contributed by atoms with E-state index in [2.05, 4.69) is 37.7 Å². The normalized spacial score (nSPS) is 13.9. The summed E-state index contributed by atoms with van der Waals surface area (Å²) in [4.78, 5) is 22.3. The van der Waals surface area contributed by atoms with Gasteiger partial charge < -0.3 is 9.47 Å². The Morgan fingerprint density at radius 1 is 0.905 bits per heavy atom. The minimum atomic E-state index is -0.912. The average Bonchev–Trinajstić information content (AvgIpc) is 2.45. The van der Waals surface area contributed by atoms with Gasteiger partial charge in [0.1, 0.15) is 0 Å². The number of carbonyl (C=O) groups excluding carboxylic acids is 2. The zero-order valence-corrected chi connectivity index (χ0v) is 13.9. The standard InChI is InChI=1S/C17H30O4/c1-5-7-8-9-14(3)10-11-15(4)12-13-21-17(19)16(18)20-6-2/h10-11,14-15H,5-9,12-13H2,1-4H3. The summed E-state index contributed by atoms with van der Waals surface area (Å²) in [6.07, 6.45) is 10.1. The van der Waals surface area contributed by atoms with E-state index in [1.165, 1.54) is 25.7 Å². The lowest BCUT2D eigenvalue weighted by Crippen LogP contribution is -2.21. The summed E-state index contributed by atoms with van der Waals surface area (Å²) in [6, 6.07) is 0. The highest BCUT2D eigenvalue weighted by Gasteiger charge is 2.16. The zero-order chi connectivity index (χ0) is 16.1. The van der Waals surface area contributed by atoms with Gasteiger partial charge >= 0.3 is 11.9 Å². The molecule has 0 saturated heterocycles. The molecule has 2 atom stereocenters. The van der Waals surface area contributed by atoms with E-state index in [9.17, 15) is 9.59 Å². The number of unbranched alkanes of at least 4 members (excludes halogenated alkanes) is 2. The second-order valence-corrected chi connectivity index (χ2v) is 5.48. The van der Waals surface area contributed by atoms with Crippen LogP contribution in [0.15, 0.2) is 12.2 Å². The Labute approximate surface area is 128 Å². The number of ether oxygens (including phenoxy) is 2. The van der Waals surface area contributed by atoms with Crippen molar-refractivity contribution >= 4 is 11.9 Å². The van der Waals surface area contributed by atoms with E-state index in [0.29, 0.717) is 18.3 Å². The SMILES string of the molecule is CCCCCC(C)C=CC(C)CCOC(=O)C(=O)OCC. The molecule has 4 heteroatoms. The second-order valence-electron chi connectivity index (χ2n) is 5.48. The third-order valence-corrected chi connectivity index (χ3v) is 3.28. The molecular weight excluding hydrogens is 268 g/mol. The van der Waals surface area contributed by atoms with Crippen LogP contribution in [0.5, 0.6) is 0 Å². The third-order valence-electron chi connectivity index (χ3n) is 3.28. The summed E-state index contributed by atoms with van der Waals surface area (Å²) in [5.74, 6) is -0.902. The molecular formula is C17H30O4. The minimum absolute atomic E-state index is 0.184. The molecule has 4 nitrogen and oxygen atoms in total. The fourth-order valence-corrected chi connectivity index (χ4v) is 1.87. The molecule has 0 aliphatic carbocycles. The van der Waals surface area contributed by atoms with E-state index in [1.807, 2.05) is 0 Å². The largest absolute Gasteiger partial charge is 0.458 e. The van der Waals surface area contributed by atoms with E-state index >= 15 is 0 Å². The van der Waals surface area contributed by atoms with Gasteiger partial charge in [-0.1, -0.05) is 52.2 Å². The molecule has 0 heterocycles. The molecule has 0 saturated carbocycles. The van der Waals surface area contributed by atoms with Crippen molar-refractivity contribution in [3.8, 4) is 0 Å². The van der Waals surface area contributed by atoms with Crippen molar-refractivity contribution in [3.63, 3.8) is 0 Å². The van der Waals surface area contributed by atoms with Gasteiger partial charge in [0, 0.05) is 0 Å². The van der Waals surface area contributed by atoms with Crippen molar-refractivity contribution < 1.29 is 19.1 Å². The maximum Gasteiger partial charge on any atom is 0.417 e. The average molecular weight is 298 g/mol. The molecule has 21 heavy (non-hydrogen) atoms. The highest BCUT2D eigenvalue weighted by atomic mass is 16.6. The predicted octanol–water partition coefficient (Wildman–Crippen LogP) is 3.89. The first-order chi connectivity index (χ1) is 10.0. The maximum atomic E-state index is 11.2. The maximum absolute atomic E-state index is 11.2. The molecule has 0 aromatic rings. The van der Waals surface area contributed by atoms with Crippen molar-refractivity contribution in [2.75, 3.05) is 13.2 Å². The Bertz CT molecular complexity index is 323. The molecule has 0 N–H and O–H groups in total. The number of carbonyl (C=O) groups is 2. The van der Waals surface area contributed by atoms with E-state index < -0.39 is 11.9 Å². The number of allylic oxidation sites excluding steroid dienone is 2. The van der Waals surface area contributed by atoms with Gasteiger partial charge in [-0.2, -0.15) is 0 Å². The van der Waals surface area contributed by atoms with Crippen LogP contribution in [0.3, 0.4) is 0 Å². The number of hydrogen-bond donors (Lipinski definition) is 0. The summed E-state index contributed by atoms with van der Waals surface area (Å²) in [7, 11) is 0. The molecule has 122 valence electrons. The highest BCUT2D eigenvalue weighted by molar-refractivity contribution is 6.29. The Morgan fingerprint density at radius 2 is 1.48 bits per heavy atom. The molecule has 0 amide bonds. The summed E-state index contributed by atoms with van der Waals surface area (Å²) in [6.45, 7) is 8.59. The van der Waals surface area contributed by atoms with Gasteiger partial charge in [0.25, 0.3) is 0 Å². The topological polar surface area (TPSA) is 52.6 Å². The molecule has 0 aromatic heterocycles. The zero-order valence-electron chi connectivity index (χ0n) is 13.9. The minimum Gasteiger partial charge on any atom is -0.458 e. The molecule has 0 fully saturated rings. The summed E-state index contributed by atoms with van der Waals surface area (Å²) >= 11 is 0. The Morgan fingerprint density at radius 3 is 2.05 bits per heavy atom. The fraction of sp³-hybridized carbons (Fsp3) is 0.765. The predicted molar refractivity (Wildman–Crippen MR) is 83.8 cm³/mol. The number of hydrogen-bond acceptors (Lipinski definition) is 4. The molecule has 0 aliphatic heterocycles.